The van der Waals surface area contributed by atoms with Gasteiger partial charge in [-0.25, -0.2) is 0 Å². The van der Waals surface area contributed by atoms with E-state index in [1.807, 2.05) is 31.2 Å². The van der Waals surface area contributed by atoms with Crippen LogP contribution in [0.25, 0.3) is 0 Å². The van der Waals surface area contributed by atoms with E-state index in [-0.39, 0.29) is 5.91 Å². The van der Waals surface area contributed by atoms with Crippen LogP contribution in [0.3, 0.4) is 0 Å². The zero-order valence-corrected chi connectivity index (χ0v) is 12.7. The number of aryl methyl sites for hydroxylation is 2. The number of anilines is 2. The third-order valence-electron chi connectivity index (χ3n) is 4.03. The molecule has 1 aliphatic heterocycles. The van der Waals surface area contributed by atoms with Crippen molar-refractivity contribution in [1.82, 2.24) is 0 Å². The van der Waals surface area contributed by atoms with Gasteiger partial charge in [-0.1, -0.05) is 12.1 Å². The maximum Gasteiger partial charge on any atom is 0.246 e. The average Bonchev–Trinajstić information content (AvgIpc) is 2.52. The number of nitrogens with one attached hydrogen (secondary N) is 1. The van der Waals surface area contributed by atoms with Crippen LogP contribution in [-0.4, -0.2) is 12.5 Å². The summed E-state index contributed by atoms with van der Waals surface area (Å²) in [5.74, 6) is 0.0399. The lowest BCUT2D eigenvalue weighted by atomic mass is 10.0. The van der Waals surface area contributed by atoms with Crippen molar-refractivity contribution in [2.24, 2.45) is 0 Å². The Morgan fingerprint density at radius 1 is 1.23 bits per heavy atom. The van der Waals surface area contributed by atoms with E-state index >= 15 is 0 Å². The molecule has 0 bridgehead atoms. The van der Waals surface area contributed by atoms with Gasteiger partial charge in [0, 0.05) is 0 Å². The Morgan fingerprint density at radius 2 is 2.00 bits per heavy atom. The molecule has 0 spiro atoms. The molecule has 22 heavy (non-hydrogen) atoms. The van der Waals surface area contributed by atoms with E-state index in [2.05, 4.69) is 24.4 Å². The van der Waals surface area contributed by atoms with E-state index in [1.165, 1.54) is 5.56 Å². The summed E-state index contributed by atoms with van der Waals surface area (Å²) in [4.78, 5) is 14.1. The van der Waals surface area contributed by atoms with Gasteiger partial charge in [0.05, 0.1) is 36.1 Å². The van der Waals surface area contributed by atoms with Gasteiger partial charge in [0.1, 0.15) is 0 Å². The van der Waals surface area contributed by atoms with Gasteiger partial charge >= 0.3 is 0 Å². The van der Waals surface area contributed by atoms with Crippen molar-refractivity contribution >= 4 is 17.3 Å². The topological polar surface area (TPSA) is 56.1 Å². The number of carbonyl (C=O) groups excluding carboxylic acids is 1. The summed E-state index contributed by atoms with van der Waals surface area (Å²) in [5.41, 5.74) is 5.82. The Bertz CT molecular complexity index is 789. The van der Waals surface area contributed by atoms with Gasteiger partial charge in [-0.05, 0) is 54.8 Å². The first-order chi connectivity index (χ1) is 10.6. The predicted octanol–water partition coefficient (Wildman–Crippen LogP) is 3.13. The Kier molecular flexibility index (Phi) is 3.56. The zero-order valence-electron chi connectivity index (χ0n) is 12.7. The van der Waals surface area contributed by atoms with Crippen molar-refractivity contribution < 1.29 is 4.79 Å². The molecule has 1 heterocycles. The lowest BCUT2D eigenvalue weighted by Crippen LogP contribution is -2.39. The van der Waals surface area contributed by atoms with Crippen LogP contribution in [0.15, 0.2) is 36.4 Å². The summed E-state index contributed by atoms with van der Waals surface area (Å²) in [6.07, 6.45) is 0. The molecule has 0 radical (unpaired) electrons. The fraction of sp³-hybridized carbons (Fsp3) is 0.222. The minimum atomic E-state index is 0.0399. The number of amides is 1. The predicted molar refractivity (Wildman–Crippen MR) is 86.8 cm³/mol. The van der Waals surface area contributed by atoms with Crippen molar-refractivity contribution in [1.29, 1.82) is 5.26 Å². The monoisotopic (exact) mass is 291 g/mol. The Morgan fingerprint density at radius 3 is 2.77 bits per heavy atom. The minimum Gasteiger partial charge on any atom is -0.374 e. The molecule has 0 unspecified atom stereocenters. The van der Waals surface area contributed by atoms with Crippen LogP contribution in [-0.2, 0) is 11.3 Å². The van der Waals surface area contributed by atoms with Crippen molar-refractivity contribution in [2.75, 3.05) is 16.8 Å². The van der Waals surface area contributed by atoms with Gasteiger partial charge in [0.2, 0.25) is 5.91 Å². The smallest absolute Gasteiger partial charge is 0.246 e. The fourth-order valence-corrected chi connectivity index (χ4v) is 2.66. The first-order valence-electron chi connectivity index (χ1n) is 7.23. The third-order valence-corrected chi connectivity index (χ3v) is 4.03. The van der Waals surface area contributed by atoms with Crippen molar-refractivity contribution in [3.8, 4) is 6.07 Å². The highest BCUT2D eigenvalue weighted by atomic mass is 16.2. The van der Waals surface area contributed by atoms with Crippen LogP contribution >= 0.6 is 0 Å². The zero-order chi connectivity index (χ0) is 15.7. The highest BCUT2D eigenvalue weighted by molar-refractivity contribution is 6.02. The van der Waals surface area contributed by atoms with Crippen molar-refractivity contribution in [3.63, 3.8) is 0 Å². The van der Waals surface area contributed by atoms with Gasteiger partial charge in [-0.2, -0.15) is 5.26 Å². The van der Waals surface area contributed by atoms with Crippen molar-refractivity contribution in [3.05, 3.63) is 58.7 Å². The van der Waals surface area contributed by atoms with Crippen molar-refractivity contribution in [2.45, 2.75) is 20.4 Å². The number of fused-ring (bicyclic) bond motifs is 1. The van der Waals surface area contributed by atoms with Crippen LogP contribution in [0, 0.1) is 25.2 Å². The molecule has 0 aromatic heterocycles. The molecule has 0 fully saturated rings. The van der Waals surface area contributed by atoms with Gasteiger partial charge in [0.25, 0.3) is 0 Å². The molecule has 0 atom stereocenters. The van der Waals surface area contributed by atoms with Crippen LogP contribution < -0.4 is 10.2 Å². The largest absolute Gasteiger partial charge is 0.374 e. The van der Waals surface area contributed by atoms with E-state index in [0.29, 0.717) is 18.7 Å². The van der Waals surface area contributed by atoms with Gasteiger partial charge < -0.3 is 10.2 Å². The van der Waals surface area contributed by atoms with E-state index in [9.17, 15) is 4.79 Å². The summed E-state index contributed by atoms with van der Waals surface area (Å²) < 4.78 is 0. The van der Waals surface area contributed by atoms with Crippen LogP contribution in [0.5, 0.6) is 0 Å². The number of benzene rings is 2. The molecule has 0 aliphatic carbocycles. The molecule has 0 saturated heterocycles. The van der Waals surface area contributed by atoms with Crippen LogP contribution in [0.1, 0.15) is 22.3 Å². The Hall–Kier alpha value is -2.80. The molecule has 3 rings (SSSR count). The summed E-state index contributed by atoms with van der Waals surface area (Å²) >= 11 is 0. The highest BCUT2D eigenvalue weighted by Gasteiger charge is 2.24. The number of nitriles is 1. The summed E-state index contributed by atoms with van der Waals surface area (Å²) in [6.45, 7) is 4.89. The van der Waals surface area contributed by atoms with E-state index in [1.54, 1.807) is 11.0 Å². The van der Waals surface area contributed by atoms with E-state index in [4.69, 9.17) is 5.26 Å². The average molecular weight is 291 g/mol. The second-order valence-electron chi connectivity index (χ2n) is 5.60. The third kappa shape index (κ3) is 2.53. The Balaban J connectivity index is 1.99. The molecule has 4 heteroatoms. The molecule has 1 amide bonds. The lowest BCUT2D eigenvalue weighted by molar-refractivity contribution is -0.117. The lowest BCUT2D eigenvalue weighted by Gasteiger charge is -2.31. The number of hydrogen-bond acceptors (Lipinski definition) is 3. The van der Waals surface area contributed by atoms with Gasteiger partial charge in [0.15, 0.2) is 0 Å². The molecule has 2 aromatic rings. The van der Waals surface area contributed by atoms with Crippen LogP contribution in [0.2, 0.25) is 0 Å². The summed E-state index contributed by atoms with van der Waals surface area (Å²) in [7, 11) is 0. The quantitative estimate of drug-likeness (QED) is 0.924. The minimum absolute atomic E-state index is 0.0399. The summed E-state index contributed by atoms with van der Waals surface area (Å²) in [5, 5.41) is 12.2. The normalized spacial score (nSPS) is 13.3. The molecule has 1 aliphatic rings. The van der Waals surface area contributed by atoms with Gasteiger partial charge in [-0.15, -0.1) is 0 Å². The molecular weight excluding hydrogens is 274 g/mol. The summed E-state index contributed by atoms with van der Waals surface area (Å²) in [6, 6.07) is 13.6. The first kappa shape index (κ1) is 14.2. The molecule has 110 valence electrons. The van der Waals surface area contributed by atoms with Gasteiger partial charge in [-0.3, -0.25) is 4.79 Å². The molecule has 4 nitrogen and oxygen atoms in total. The van der Waals surface area contributed by atoms with E-state index < -0.39 is 0 Å². The number of carbonyl (C=O) groups is 1. The van der Waals surface area contributed by atoms with Crippen LogP contribution in [0.4, 0.5) is 11.4 Å². The van der Waals surface area contributed by atoms with E-state index in [0.717, 1.165) is 22.5 Å². The number of hydrogen-bond donors (Lipinski definition) is 1. The maximum absolute atomic E-state index is 12.3. The second kappa shape index (κ2) is 5.53. The molecule has 0 saturated carbocycles. The molecular formula is C18H17N3O. The standard InChI is InChI=1S/C18H17N3O/c1-12-6-16-17(7-13(12)2)21(18(22)10-20-16)11-15-5-3-4-14(8-15)9-19/h3-8,20H,10-11H2,1-2H3. The first-order valence-corrected chi connectivity index (χ1v) is 7.23. The number of nitrogens with zero attached hydrogens (tertiary/aromatic N) is 2. The Labute approximate surface area is 130 Å². The number of rotatable bonds is 2. The molecule has 1 N–H and O–H groups in total. The second-order valence-corrected chi connectivity index (χ2v) is 5.60. The maximum atomic E-state index is 12.3. The fourth-order valence-electron chi connectivity index (χ4n) is 2.66. The highest BCUT2D eigenvalue weighted by Crippen LogP contribution is 2.33. The SMILES string of the molecule is Cc1cc2c(cc1C)N(Cc1cccc(C#N)c1)C(=O)CN2. The molecule has 2 aromatic carbocycles.